The second-order valence-corrected chi connectivity index (χ2v) is 8.51. The van der Waals surface area contributed by atoms with Crippen molar-refractivity contribution in [1.82, 2.24) is 0 Å². The third-order valence-corrected chi connectivity index (χ3v) is 6.23. The van der Waals surface area contributed by atoms with Gasteiger partial charge in [-0.15, -0.1) is 0 Å². The van der Waals surface area contributed by atoms with Crippen LogP contribution < -0.4 is 4.74 Å². The van der Waals surface area contributed by atoms with Crippen molar-refractivity contribution in [2.45, 2.75) is 77.6 Å². The Morgan fingerprint density at radius 3 is 2.10 bits per heavy atom. The van der Waals surface area contributed by atoms with Crippen molar-refractivity contribution < 1.29 is 9.53 Å². The van der Waals surface area contributed by atoms with Gasteiger partial charge in [0.25, 0.3) is 0 Å². The van der Waals surface area contributed by atoms with Crippen LogP contribution in [0.15, 0.2) is 48.5 Å². The molecule has 2 nitrogen and oxygen atoms in total. The first kappa shape index (κ1) is 21.6. The minimum absolute atomic E-state index is 0.0980. The third kappa shape index (κ3) is 6.19. The molecule has 0 bridgehead atoms. The Morgan fingerprint density at radius 2 is 1.48 bits per heavy atom. The van der Waals surface area contributed by atoms with E-state index in [9.17, 15) is 4.79 Å². The molecule has 0 amide bonds. The second kappa shape index (κ2) is 11.2. The molecule has 156 valence electrons. The van der Waals surface area contributed by atoms with Gasteiger partial charge in [0.15, 0.2) is 0 Å². The molecule has 3 rings (SSSR count). The highest BCUT2D eigenvalue weighted by Crippen LogP contribution is 2.36. The summed E-state index contributed by atoms with van der Waals surface area (Å²) in [7, 11) is 0. The summed E-state index contributed by atoms with van der Waals surface area (Å²) in [6, 6.07) is 16.9. The van der Waals surface area contributed by atoms with E-state index < -0.39 is 0 Å². The van der Waals surface area contributed by atoms with E-state index in [2.05, 4.69) is 50.2 Å². The van der Waals surface area contributed by atoms with Crippen LogP contribution in [0.3, 0.4) is 0 Å². The molecule has 0 aliphatic heterocycles. The zero-order valence-electron chi connectivity index (χ0n) is 18.2. The number of carbonyl (C=O) groups is 1. The van der Waals surface area contributed by atoms with Gasteiger partial charge in [0.2, 0.25) is 0 Å². The molecule has 0 heterocycles. The predicted octanol–water partition coefficient (Wildman–Crippen LogP) is 7.57. The minimum Gasteiger partial charge on any atom is -0.494 e. The first-order valence-corrected chi connectivity index (χ1v) is 11.6. The van der Waals surface area contributed by atoms with Crippen molar-refractivity contribution in [2.24, 2.45) is 5.92 Å². The summed E-state index contributed by atoms with van der Waals surface area (Å²) in [5, 5.41) is 0. The predicted molar refractivity (Wildman–Crippen MR) is 122 cm³/mol. The van der Waals surface area contributed by atoms with E-state index in [1.165, 1.54) is 48.8 Å². The Kier molecular flexibility index (Phi) is 8.34. The van der Waals surface area contributed by atoms with Crippen LogP contribution in [-0.2, 0) is 4.79 Å². The Morgan fingerprint density at radius 1 is 0.828 bits per heavy atom. The topological polar surface area (TPSA) is 26.3 Å². The van der Waals surface area contributed by atoms with Crippen molar-refractivity contribution in [3.8, 4) is 16.9 Å². The quantitative estimate of drug-likeness (QED) is 0.390. The number of benzene rings is 2. The highest BCUT2D eigenvalue weighted by molar-refractivity contribution is 5.86. The van der Waals surface area contributed by atoms with E-state index in [1.807, 2.05) is 12.1 Å². The molecule has 1 saturated carbocycles. The van der Waals surface area contributed by atoms with Gasteiger partial charge in [0.05, 0.1) is 6.61 Å². The lowest BCUT2D eigenvalue weighted by Crippen LogP contribution is -2.23. The number of hydrogen-bond donors (Lipinski definition) is 0. The zero-order valence-corrected chi connectivity index (χ0v) is 18.2. The van der Waals surface area contributed by atoms with E-state index in [-0.39, 0.29) is 5.92 Å². The van der Waals surface area contributed by atoms with Crippen LogP contribution in [0.25, 0.3) is 11.1 Å². The van der Waals surface area contributed by atoms with Gasteiger partial charge in [0, 0.05) is 12.3 Å². The van der Waals surface area contributed by atoms with E-state index in [0.717, 1.165) is 38.0 Å². The van der Waals surface area contributed by atoms with Crippen LogP contribution in [-0.4, -0.2) is 12.4 Å². The Labute approximate surface area is 176 Å². The molecule has 0 saturated heterocycles. The molecule has 2 aromatic rings. The van der Waals surface area contributed by atoms with Crippen LogP contribution in [0.1, 0.15) is 83.1 Å². The number of rotatable bonds is 10. The number of hydrogen-bond acceptors (Lipinski definition) is 2. The van der Waals surface area contributed by atoms with Crippen molar-refractivity contribution in [1.29, 1.82) is 0 Å². The molecule has 0 N–H and O–H groups in total. The number of unbranched alkanes of at least 4 members (excludes halogenated alkanes) is 3. The van der Waals surface area contributed by atoms with Crippen molar-refractivity contribution >= 4 is 5.78 Å². The molecule has 1 fully saturated rings. The fourth-order valence-corrected chi connectivity index (χ4v) is 4.36. The van der Waals surface area contributed by atoms with Gasteiger partial charge in [-0.3, -0.25) is 4.79 Å². The monoisotopic (exact) mass is 392 g/mol. The summed E-state index contributed by atoms with van der Waals surface area (Å²) in [6.45, 7) is 5.18. The first-order valence-electron chi connectivity index (χ1n) is 11.6. The summed E-state index contributed by atoms with van der Waals surface area (Å²) in [6.07, 6.45) is 10.3. The highest BCUT2D eigenvalue weighted by atomic mass is 16.5. The third-order valence-electron chi connectivity index (χ3n) is 6.23. The maximum atomic E-state index is 12.7. The molecule has 2 atom stereocenters. The van der Waals surface area contributed by atoms with Crippen LogP contribution in [0.4, 0.5) is 0 Å². The van der Waals surface area contributed by atoms with Gasteiger partial charge in [-0.1, -0.05) is 82.3 Å². The molecule has 2 aromatic carbocycles. The summed E-state index contributed by atoms with van der Waals surface area (Å²) < 4.78 is 5.75. The van der Waals surface area contributed by atoms with Crippen LogP contribution in [0, 0.1) is 5.92 Å². The molecular formula is C27H36O2. The normalized spacial score (nSPS) is 19.3. The van der Waals surface area contributed by atoms with Gasteiger partial charge in [0.1, 0.15) is 11.5 Å². The molecule has 29 heavy (non-hydrogen) atoms. The fourth-order valence-electron chi connectivity index (χ4n) is 4.36. The maximum Gasteiger partial charge on any atom is 0.140 e. The average molecular weight is 393 g/mol. The second-order valence-electron chi connectivity index (χ2n) is 8.51. The van der Waals surface area contributed by atoms with Crippen molar-refractivity contribution in [3.63, 3.8) is 0 Å². The number of ether oxygens (including phenoxy) is 1. The van der Waals surface area contributed by atoms with Gasteiger partial charge in [-0.05, 0) is 54.0 Å². The van der Waals surface area contributed by atoms with E-state index >= 15 is 0 Å². The highest BCUT2D eigenvalue weighted by Gasteiger charge is 2.29. The fraction of sp³-hybridized carbons (Fsp3) is 0.519. The molecule has 0 radical (unpaired) electrons. The smallest absolute Gasteiger partial charge is 0.140 e. The minimum atomic E-state index is 0.0980. The lowest BCUT2D eigenvalue weighted by molar-refractivity contribution is -0.123. The molecule has 2 unspecified atom stereocenters. The average Bonchev–Trinajstić information content (AvgIpc) is 2.75. The molecule has 2 heteroatoms. The SMILES string of the molecule is CCCCCC1CCC(c2ccc(-c3ccc(OCCCC)cc3)cc2)C(=O)C1. The Balaban J connectivity index is 1.57. The van der Waals surface area contributed by atoms with Gasteiger partial charge in [-0.25, -0.2) is 0 Å². The van der Waals surface area contributed by atoms with Crippen molar-refractivity contribution in [2.75, 3.05) is 6.61 Å². The Bertz CT molecular complexity index is 745. The lowest BCUT2D eigenvalue weighted by Gasteiger charge is -2.27. The summed E-state index contributed by atoms with van der Waals surface area (Å²) >= 11 is 0. The zero-order chi connectivity index (χ0) is 20.5. The molecule has 1 aliphatic rings. The number of ketones is 1. The van der Waals surface area contributed by atoms with E-state index in [1.54, 1.807) is 0 Å². The van der Waals surface area contributed by atoms with Crippen molar-refractivity contribution in [3.05, 3.63) is 54.1 Å². The maximum absolute atomic E-state index is 12.7. The first-order chi connectivity index (χ1) is 14.2. The molecule has 0 spiro atoms. The lowest BCUT2D eigenvalue weighted by atomic mass is 9.76. The summed E-state index contributed by atoms with van der Waals surface area (Å²) in [4.78, 5) is 12.7. The van der Waals surface area contributed by atoms with Crippen LogP contribution >= 0.6 is 0 Å². The standard InChI is InChI=1S/C27H36O2/c1-3-5-7-8-21-9-18-26(27(28)20-21)24-12-10-22(11-13-24)23-14-16-25(17-15-23)29-19-6-4-2/h10-17,21,26H,3-9,18-20H2,1-2H3. The summed E-state index contributed by atoms with van der Waals surface area (Å²) in [5.74, 6) is 2.09. The van der Waals surface area contributed by atoms with Gasteiger partial charge in [-0.2, -0.15) is 0 Å². The molecule has 1 aliphatic carbocycles. The number of Topliss-reactive ketones (excluding diaryl/α,β-unsaturated/α-hetero) is 1. The molecular weight excluding hydrogens is 356 g/mol. The summed E-state index contributed by atoms with van der Waals surface area (Å²) in [5.41, 5.74) is 3.56. The van der Waals surface area contributed by atoms with E-state index in [0.29, 0.717) is 11.7 Å². The Hall–Kier alpha value is -2.09. The van der Waals surface area contributed by atoms with Crippen LogP contribution in [0.2, 0.25) is 0 Å². The number of carbonyl (C=O) groups excluding carboxylic acids is 1. The molecule has 0 aromatic heterocycles. The largest absolute Gasteiger partial charge is 0.494 e. The van der Waals surface area contributed by atoms with E-state index in [4.69, 9.17) is 4.74 Å². The van der Waals surface area contributed by atoms with Gasteiger partial charge >= 0.3 is 0 Å². The van der Waals surface area contributed by atoms with Crippen LogP contribution in [0.5, 0.6) is 5.75 Å². The van der Waals surface area contributed by atoms with Gasteiger partial charge < -0.3 is 4.74 Å².